The van der Waals surface area contributed by atoms with Gasteiger partial charge in [0.1, 0.15) is 6.10 Å². The van der Waals surface area contributed by atoms with Gasteiger partial charge >= 0.3 is 0 Å². The van der Waals surface area contributed by atoms with Crippen molar-refractivity contribution in [1.82, 2.24) is 0 Å². The summed E-state index contributed by atoms with van der Waals surface area (Å²) in [6.07, 6.45) is 0.0960. The van der Waals surface area contributed by atoms with E-state index in [2.05, 4.69) is 15.5 Å². The summed E-state index contributed by atoms with van der Waals surface area (Å²) >= 11 is 5.75. The van der Waals surface area contributed by atoms with Gasteiger partial charge in [-0.2, -0.15) is 5.11 Å². The molecule has 0 aliphatic carbocycles. The normalized spacial score (nSPS) is 16.6. The first-order valence-electron chi connectivity index (χ1n) is 8.23. The van der Waals surface area contributed by atoms with Crippen LogP contribution in [0.4, 0.5) is 17.1 Å². The third-order valence-electron chi connectivity index (χ3n) is 3.93. The number of carbonyl (C=O) groups is 2. The SMILES string of the molecule is CC(=O)C(N=Nc1ccc(Cl)cc1[N+](=O)[O-])C(=O)Nc1ccc(C2CO2)cc1. The van der Waals surface area contributed by atoms with E-state index in [1.165, 1.54) is 19.1 Å². The first kappa shape index (κ1) is 19.6. The second-order valence-electron chi connectivity index (χ2n) is 6.05. The Labute approximate surface area is 164 Å². The molecule has 1 fully saturated rings. The summed E-state index contributed by atoms with van der Waals surface area (Å²) in [6.45, 7) is 1.86. The number of ketones is 1. The number of carbonyl (C=O) groups excluding carboxylic acids is 2. The molecular formula is C18H15ClN4O5. The topological polar surface area (TPSA) is 127 Å². The lowest BCUT2D eigenvalue weighted by Crippen LogP contribution is -2.31. The fourth-order valence-corrected chi connectivity index (χ4v) is 2.56. The third-order valence-corrected chi connectivity index (χ3v) is 4.17. The summed E-state index contributed by atoms with van der Waals surface area (Å²) in [4.78, 5) is 34.7. The summed E-state index contributed by atoms with van der Waals surface area (Å²) in [5.74, 6) is -1.25. The molecule has 0 spiro atoms. The number of anilines is 1. The number of benzene rings is 2. The highest BCUT2D eigenvalue weighted by molar-refractivity contribution is 6.30. The minimum absolute atomic E-state index is 0.0960. The summed E-state index contributed by atoms with van der Waals surface area (Å²) in [5.41, 5.74) is 0.989. The number of halogens is 1. The van der Waals surface area contributed by atoms with Gasteiger partial charge in [0.2, 0.25) is 6.04 Å². The molecule has 1 aliphatic rings. The fourth-order valence-electron chi connectivity index (χ4n) is 2.40. The van der Waals surface area contributed by atoms with Gasteiger partial charge in [0, 0.05) is 16.8 Å². The van der Waals surface area contributed by atoms with Gasteiger partial charge in [-0.15, -0.1) is 5.11 Å². The Morgan fingerprint density at radius 3 is 2.54 bits per heavy atom. The van der Waals surface area contributed by atoms with E-state index in [1.807, 2.05) is 12.1 Å². The van der Waals surface area contributed by atoms with Gasteiger partial charge in [0.25, 0.3) is 11.6 Å². The van der Waals surface area contributed by atoms with E-state index in [0.717, 1.165) is 11.6 Å². The average molecular weight is 403 g/mol. The van der Waals surface area contributed by atoms with Crippen molar-refractivity contribution in [3.8, 4) is 0 Å². The van der Waals surface area contributed by atoms with Crippen LogP contribution in [0.25, 0.3) is 0 Å². The van der Waals surface area contributed by atoms with E-state index in [1.54, 1.807) is 12.1 Å². The number of rotatable bonds is 7. The number of nitrogens with one attached hydrogen (secondary N) is 1. The van der Waals surface area contributed by atoms with Crippen molar-refractivity contribution in [3.63, 3.8) is 0 Å². The molecule has 1 aliphatic heterocycles. The Morgan fingerprint density at radius 1 is 1.29 bits per heavy atom. The number of nitrogens with zero attached hydrogens (tertiary/aromatic N) is 3. The summed E-state index contributed by atoms with van der Waals surface area (Å²) in [7, 11) is 0. The van der Waals surface area contributed by atoms with Crippen LogP contribution in [0, 0.1) is 10.1 Å². The molecule has 144 valence electrons. The van der Waals surface area contributed by atoms with Gasteiger partial charge in [-0.1, -0.05) is 23.7 Å². The van der Waals surface area contributed by atoms with E-state index in [9.17, 15) is 19.7 Å². The molecule has 0 bridgehead atoms. The number of amides is 1. The highest BCUT2D eigenvalue weighted by Gasteiger charge is 2.26. The van der Waals surface area contributed by atoms with Crippen LogP contribution < -0.4 is 5.32 Å². The first-order chi connectivity index (χ1) is 13.3. The van der Waals surface area contributed by atoms with Crippen molar-refractivity contribution in [2.24, 2.45) is 10.2 Å². The van der Waals surface area contributed by atoms with E-state index in [-0.39, 0.29) is 22.5 Å². The predicted octanol–water partition coefficient (Wildman–Crippen LogP) is 4.00. The molecule has 1 amide bonds. The maximum absolute atomic E-state index is 12.4. The lowest BCUT2D eigenvalue weighted by atomic mass is 10.1. The molecule has 2 unspecified atom stereocenters. The molecule has 3 rings (SSSR count). The van der Waals surface area contributed by atoms with E-state index < -0.39 is 22.7 Å². The van der Waals surface area contributed by atoms with Gasteiger partial charge in [-0.05, 0) is 36.8 Å². The number of nitro benzene ring substituents is 1. The van der Waals surface area contributed by atoms with Crippen LogP contribution in [0.15, 0.2) is 52.7 Å². The number of Topliss-reactive ketones (excluding diaryl/α,β-unsaturated/α-hetero) is 1. The Balaban J connectivity index is 1.75. The quantitative estimate of drug-likeness (QED) is 0.246. The zero-order chi connectivity index (χ0) is 20.3. The predicted molar refractivity (Wildman–Crippen MR) is 101 cm³/mol. The molecule has 10 heteroatoms. The molecule has 28 heavy (non-hydrogen) atoms. The summed E-state index contributed by atoms with van der Waals surface area (Å²) in [6, 6.07) is 9.37. The standard InChI is InChI=1S/C18H15ClN4O5/c1-10(24)17(22-21-14-7-4-12(19)8-15(14)23(26)27)18(25)20-13-5-2-11(3-6-13)16-9-28-16/h2-8,16-17H,9H2,1H3,(H,20,25). The smallest absolute Gasteiger partial charge is 0.298 e. The molecule has 0 radical (unpaired) electrons. The van der Waals surface area contributed by atoms with Crippen LogP contribution >= 0.6 is 11.6 Å². The molecule has 2 aromatic carbocycles. The lowest BCUT2D eigenvalue weighted by Gasteiger charge is -2.10. The highest BCUT2D eigenvalue weighted by Crippen LogP contribution is 2.31. The van der Waals surface area contributed by atoms with Crippen molar-refractivity contribution >= 4 is 40.4 Å². The van der Waals surface area contributed by atoms with Crippen molar-refractivity contribution in [3.05, 3.63) is 63.2 Å². The van der Waals surface area contributed by atoms with Crippen LogP contribution in [-0.4, -0.2) is 29.3 Å². The summed E-state index contributed by atoms with van der Waals surface area (Å²) in [5, 5.41) is 21.3. The van der Waals surface area contributed by atoms with Gasteiger partial charge in [0.15, 0.2) is 11.5 Å². The number of epoxide rings is 1. The van der Waals surface area contributed by atoms with Crippen molar-refractivity contribution in [1.29, 1.82) is 0 Å². The molecule has 0 aromatic heterocycles. The first-order valence-corrected chi connectivity index (χ1v) is 8.60. The monoisotopic (exact) mass is 402 g/mol. The molecule has 2 atom stereocenters. The van der Waals surface area contributed by atoms with Crippen LogP contribution in [0.1, 0.15) is 18.6 Å². The zero-order valence-corrected chi connectivity index (χ0v) is 15.4. The molecule has 9 nitrogen and oxygen atoms in total. The maximum Gasteiger partial charge on any atom is 0.298 e. The third kappa shape index (κ3) is 4.76. The Morgan fingerprint density at radius 2 is 1.96 bits per heavy atom. The van der Waals surface area contributed by atoms with E-state index in [0.29, 0.717) is 12.3 Å². The van der Waals surface area contributed by atoms with Crippen LogP contribution in [0.3, 0.4) is 0 Å². The van der Waals surface area contributed by atoms with Crippen LogP contribution in [0.5, 0.6) is 0 Å². The number of hydrogen-bond donors (Lipinski definition) is 1. The largest absolute Gasteiger partial charge is 0.368 e. The molecule has 1 heterocycles. The van der Waals surface area contributed by atoms with Gasteiger partial charge < -0.3 is 10.1 Å². The van der Waals surface area contributed by atoms with Gasteiger partial charge in [-0.3, -0.25) is 19.7 Å². The molecular weight excluding hydrogens is 388 g/mol. The van der Waals surface area contributed by atoms with Gasteiger partial charge in [0.05, 0.1) is 11.5 Å². The second kappa shape index (κ2) is 8.24. The van der Waals surface area contributed by atoms with E-state index >= 15 is 0 Å². The van der Waals surface area contributed by atoms with Crippen LogP contribution in [-0.2, 0) is 14.3 Å². The Hall–Kier alpha value is -3.17. The van der Waals surface area contributed by atoms with Crippen molar-refractivity contribution in [2.45, 2.75) is 19.1 Å². The number of nitro groups is 1. The van der Waals surface area contributed by atoms with E-state index in [4.69, 9.17) is 16.3 Å². The number of ether oxygens (including phenoxy) is 1. The Bertz CT molecular complexity index is 957. The molecule has 0 saturated carbocycles. The van der Waals surface area contributed by atoms with Crippen molar-refractivity contribution in [2.75, 3.05) is 11.9 Å². The zero-order valence-electron chi connectivity index (χ0n) is 14.7. The Kier molecular flexibility index (Phi) is 5.76. The maximum atomic E-state index is 12.4. The molecule has 2 aromatic rings. The molecule has 1 saturated heterocycles. The molecule has 1 N–H and O–H groups in total. The minimum Gasteiger partial charge on any atom is -0.368 e. The van der Waals surface area contributed by atoms with Crippen LogP contribution in [0.2, 0.25) is 5.02 Å². The second-order valence-corrected chi connectivity index (χ2v) is 6.49. The van der Waals surface area contributed by atoms with Gasteiger partial charge in [-0.25, -0.2) is 0 Å². The van der Waals surface area contributed by atoms with Crippen molar-refractivity contribution < 1.29 is 19.2 Å². The number of azo groups is 1. The minimum atomic E-state index is -1.44. The average Bonchev–Trinajstić information content (AvgIpc) is 3.48. The fraction of sp³-hybridized carbons (Fsp3) is 0.222. The summed E-state index contributed by atoms with van der Waals surface area (Å²) < 4.78 is 5.18. The number of hydrogen-bond acceptors (Lipinski definition) is 7. The highest BCUT2D eigenvalue weighted by atomic mass is 35.5. The lowest BCUT2D eigenvalue weighted by molar-refractivity contribution is -0.384.